The quantitative estimate of drug-likeness (QED) is 0.531. The molecule has 2 fully saturated rings. The Labute approximate surface area is 188 Å². The molecule has 0 saturated heterocycles. The standard InChI is InChI=1S/C29H40O2/c1-20-15-24(28(3)11-7-5-8-12-28)18-22(26(20)30)17-23-19-25(16-21(2)27(23)31)29(4)13-9-6-10-14-29/h15-16,18-19,30-31H,5-14,17H2,1-4H3. The highest BCUT2D eigenvalue weighted by Gasteiger charge is 2.31. The fourth-order valence-electron chi connectivity index (χ4n) is 6.12. The van der Waals surface area contributed by atoms with Crippen molar-refractivity contribution in [2.75, 3.05) is 0 Å². The molecule has 2 aromatic carbocycles. The average molecular weight is 421 g/mol. The summed E-state index contributed by atoms with van der Waals surface area (Å²) in [4.78, 5) is 0. The van der Waals surface area contributed by atoms with Crippen LogP contribution in [0.1, 0.15) is 111 Å². The highest BCUT2D eigenvalue weighted by atomic mass is 16.3. The van der Waals surface area contributed by atoms with Crippen LogP contribution in [-0.2, 0) is 17.3 Å². The first-order chi connectivity index (χ1) is 14.7. The zero-order valence-corrected chi connectivity index (χ0v) is 20.0. The van der Waals surface area contributed by atoms with E-state index in [4.69, 9.17) is 0 Å². The Kier molecular flexibility index (Phi) is 6.12. The highest BCUT2D eigenvalue weighted by Crippen LogP contribution is 2.44. The minimum absolute atomic E-state index is 0.195. The minimum Gasteiger partial charge on any atom is -0.507 e. The molecule has 2 aliphatic rings. The van der Waals surface area contributed by atoms with E-state index >= 15 is 0 Å². The summed E-state index contributed by atoms with van der Waals surface area (Å²) >= 11 is 0. The Morgan fingerprint density at radius 2 is 0.968 bits per heavy atom. The third-order valence-electron chi connectivity index (χ3n) is 8.45. The van der Waals surface area contributed by atoms with E-state index in [1.165, 1.54) is 75.3 Å². The number of hydrogen-bond acceptors (Lipinski definition) is 2. The highest BCUT2D eigenvalue weighted by molar-refractivity contribution is 5.52. The summed E-state index contributed by atoms with van der Waals surface area (Å²) < 4.78 is 0. The largest absolute Gasteiger partial charge is 0.507 e. The van der Waals surface area contributed by atoms with E-state index < -0.39 is 0 Å². The summed E-state index contributed by atoms with van der Waals surface area (Å²) in [6, 6.07) is 8.82. The fraction of sp³-hybridized carbons (Fsp3) is 0.586. The Morgan fingerprint density at radius 3 is 1.32 bits per heavy atom. The smallest absolute Gasteiger partial charge is 0.122 e. The van der Waals surface area contributed by atoms with Crippen molar-refractivity contribution in [3.63, 3.8) is 0 Å². The second-order valence-corrected chi connectivity index (χ2v) is 11.0. The lowest BCUT2D eigenvalue weighted by Gasteiger charge is -2.35. The van der Waals surface area contributed by atoms with Gasteiger partial charge in [0, 0.05) is 6.42 Å². The first-order valence-electron chi connectivity index (χ1n) is 12.4. The van der Waals surface area contributed by atoms with Crippen molar-refractivity contribution >= 4 is 0 Å². The molecule has 2 heteroatoms. The molecule has 2 aliphatic carbocycles. The molecule has 2 aromatic rings. The van der Waals surface area contributed by atoms with Crippen molar-refractivity contribution < 1.29 is 10.2 Å². The van der Waals surface area contributed by atoms with Crippen LogP contribution in [0.2, 0.25) is 0 Å². The molecule has 0 unspecified atom stereocenters. The van der Waals surface area contributed by atoms with E-state index in [-0.39, 0.29) is 10.8 Å². The maximum atomic E-state index is 10.9. The van der Waals surface area contributed by atoms with E-state index in [2.05, 4.69) is 38.1 Å². The van der Waals surface area contributed by atoms with Gasteiger partial charge in [-0.3, -0.25) is 0 Å². The molecule has 0 spiro atoms. The van der Waals surface area contributed by atoms with Crippen molar-refractivity contribution in [3.8, 4) is 11.5 Å². The summed E-state index contributed by atoms with van der Waals surface area (Å²) in [7, 11) is 0. The SMILES string of the molecule is Cc1cc(C2(C)CCCCC2)cc(Cc2cc(C3(C)CCCCC3)cc(C)c2O)c1O. The molecular weight excluding hydrogens is 380 g/mol. The van der Waals surface area contributed by atoms with E-state index in [9.17, 15) is 10.2 Å². The van der Waals surface area contributed by atoms with Gasteiger partial charge in [0.25, 0.3) is 0 Å². The number of aromatic hydroxyl groups is 2. The first-order valence-corrected chi connectivity index (χ1v) is 12.4. The maximum Gasteiger partial charge on any atom is 0.122 e. The average Bonchev–Trinajstić information content (AvgIpc) is 2.75. The zero-order chi connectivity index (χ0) is 22.2. The lowest BCUT2D eigenvalue weighted by Crippen LogP contribution is -2.25. The van der Waals surface area contributed by atoms with Crippen molar-refractivity contribution in [2.24, 2.45) is 0 Å². The molecule has 2 saturated carbocycles. The van der Waals surface area contributed by atoms with Crippen LogP contribution in [0.3, 0.4) is 0 Å². The molecular formula is C29H40O2. The molecule has 2 nitrogen and oxygen atoms in total. The lowest BCUT2D eigenvalue weighted by molar-refractivity contribution is 0.318. The molecule has 0 aliphatic heterocycles. The van der Waals surface area contributed by atoms with Crippen molar-refractivity contribution in [1.82, 2.24) is 0 Å². The number of aryl methyl sites for hydroxylation is 2. The van der Waals surface area contributed by atoms with E-state index in [0.29, 0.717) is 17.9 Å². The van der Waals surface area contributed by atoms with Gasteiger partial charge in [-0.25, -0.2) is 0 Å². The monoisotopic (exact) mass is 420 g/mol. The van der Waals surface area contributed by atoms with Crippen LogP contribution < -0.4 is 0 Å². The molecule has 31 heavy (non-hydrogen) atoms. The fourth-order valence-corrected chi connectivity index (χ4v) is 6.12. The van der Waals surface area contributed by atoms with Gasteiger partial charge in [-0.05, 0) is 83.7 Å². The molecule has 0 aromatic heterocycles. The topological polar surface area (TPSA) is 40.5 Å². The molecule has 0 heterocycles. The van der Waals surface area contributed by atoms with Crippen LogP contribution in [-0.4, -0.2) is 10.2 Å². The number of phenolic OH excluding ortho intramolecular Hbond substituents is 2. The zero-order valence-electron chi connectivity index (χ0n) is 20.0. The number of rotatable bonds is 4. The second kappa shape index (κ2) is 8.52. The van der Waals surface area contributed by atoms with Crippen molar-refractivity contribution in [1.29, 1.82) is 0 Å². The molecule has 0 atom stereocenters. The van der Waals surface area contributed by atoms with Gasteiger partial charge in [0.05, 0.1) is 0 Å². The Morgan fingerprint density at radius 1 is 0.613 bits per heavy atom. The second-order valence-electron chi connectivity index (χ2n) is 11.0. The van der Waals surface area contributed by atoms with Crippen molar-refractivity contribution in [2.45, 2.75) is 109 Å². The van der Waals surface area contributed by atoms with Crippen LogP contribution >= 0.6 is 0 Å². The van der Waals surface area contributed by atoms with Crippen LogP contribution in [0.4, 0.5) is 0 Å². The number of benzene rings is 2. The summed E-state index contributed by atoms with van der Waals surface area (Å²) in [5, 5.41) is 21.8. The van der Waals surface area contributed by atoms with E-state index in [1.807, 2.05) is 13.8 Å². The van der Waals surface area contributed by atoms with E-state index in [0.717, 1.165) is 22.3 Å². The Hall–Kier alpha value is -1.96. The molecule has 2 N–H and O–H groups in total. The van der Waals surface area contributed by atoms with Crippen LogP contribution in [0.5, 0.6) is 11.5 Å². The van der Waals surface area contributed by atoms with Crippen LogP contribution in [0, 0.1) is 13.8 Å². The summed E-state index contributed by atoms with van der Waals surface area (Å²) in [5.74, 6) is 0.768. The molecule has 0 radical (unpaired) electrons. The third-order valence-corrected chi connectivity index (χ3v) is 8.45. The van der Waals surface area contributed by atoms with Gasteiger partial charge in [-0.15, -0.1) is 0 Å². The summed E-state index contributed by atoms with van der Waals surface area (Å²) in [5.41, 5.74) is 6.89. The Balaban J connectivity index is 1.72. The van der Waals surface area contributed by atoms with Gasteiger partial charge >= 0.3 is 0 Å². The molecule has 0 bridgehead atoms. The number of hydrogen-bond donors (Lipinski definition) is 2. The summed E-state index contributed by atoms with van der Waals surface area (Å²) in [6.45, 7) is 8.79. The van der Waals surface area contributed by atoms with Gasteiger partial charge < -0.3 is 10.2 Å². The predicted octanol–water partition coefficient (Wildman–Crippen LogP) is 7.75. The molecule has 4 rings (SSSR count). The predicted molar refractivity (Wildman–Crippen MR) is 129 cm³/mol. The van der Waals surface area contributed by atoms with Gasteiger partial charge in [-0.1, -0.05) is 76.6 Å². The third kappa shape index (κ3) is 4.36. The van der Waals surface area contributed by atoms with Gasteiger partial charge in [0.2, 0.25) is 0 Å². The van der Waals surface area contributed by atoms with Crippen molar-refractivity contribution in [3.05, 3.63) is 57.6 Å². The van der Waals surface area contributed by atoms with Crippen LogP contribution in [0.15, 0.2) is 24.3 Å². The maximum absolute atomic E-state index is 10.9. The van der Waals surface area contributed by atoms with Crippen LogP contribution in [0.25, 0.3) is 0 Å². The first kappa shape index (κ1) is 22.2. The van der Waals surface area contributed by atoms with Gasteiger partial charge in [-0.2, -0.15) is 0 Å². The molecule has 168 valence electrons. The number of phenols is 2. The summed E-state index contributed by atoms with van der Waals surface area (Å²) in [6.07, 6.45) is 13.2. The normalized spacial score (nSPS) is 20.5. The van der Waals surface area contributed by atoms with Gasteiger partial charge in [0.1, 0.15) is 11.5 Å². The Bertz CT molecular complexity index is 866. The molecule has 0 amide bonds. The van der Waals surface area contributed by atoms with E-state index in [1.54, 1.807) is 0 Å². The lowest BCUT2D eigenvalue weighted by atomic mass is 9.69. The van der Waals surface area contributed by atoms with Gasteiger partial charge in [0.15, 0.2) is 0 Å². The minimum atomic E-state index is 0.195.